The SMILES string of the molecule is COc1ccc(F)cc1C(Br)c1ccc(Br)c(C)c1. The molecule has 0 bridgehead atoms. The molecule has 19 heavy (non-hydrogen) atoms. The van der Waals surface area contributed by atoms with Gasteiger partial charge >= 0.3 is 0 Å². The fourth-order valence-corrected chi connectivity index (χ4v) is 2.80. The molecule has 2 aromatic rings. The molecule has 0 aliphatic heterocycles. The van der Waals surface area contributed by atoms with Crippen LogP contribution in [-0.2, 0) is 0 Å². The number of ether oxygens (including phenoxy) is 1. The minimum absolute atomic E-state index is 0.107. The van der Waals surface area contributed by atoms with Crippen molar-refractivity contribution in [3.05, 3.63) is 63.4 Å². The Bertz CT molecular complexity index is 599. The summed E-state index contributed by atoms with van der Waals surface area (Å²) in [6.07, 6.45) is 0. The Morgan fingerprint density at radius 1 is 1.16 bits per heavy atom. The lowest BCUT2D eigenvalue weighted by molar-refractivity contribution is 0.409. The summed E-state index contributed by atoms with van der Waals surface area (Å²) in [6, 6.07) is 10.6. The van der Waals surface area contributed by atoms with Crippen molar-refractivity contribution in [3.63, 3.8) is 0 Å². The van der Waals surface area contributed by atoms with Gasteiger partial charge in [0, 0.05) is 10.0 Å². The van der Waals surface area contributed by atoms with E-state index >= 15 is 0 Å². The Labute approximate surface area is 129 Å². The first-order valence-corrected chi connectivity index (χ1v) is 7.47. The Kier molecular flexibility index (Phi) is 4.63. The number of alkyl halides is 1. The van der Waals surface area contributed by atoms with Crippen molar-refractivity contribution in [1.29, 1.82) is 0 Å². The molecule has 0 N–H and O–H groups in total. The van der Waals surface area contributed by atoms with Gasteiger partial charge in [0.2, 0.25) is 0 Å². The first kappa shape index (κ1) is 14.5. The second kappa shape index (κ2) is 6.06. The monoisotopic (exact) mass is 386 g/mol. The first-order valence-electron chi connectivity index (χ1n) is 5.76. The lowest BCUT2D eigenvalue weighted by Gasteiger charge is -2.15. The van der Waals surface area contributed by atoms with Gasteiger partial charge in [-0.25, -0.2) is 4.39 Å². The highest BCUT2D eigenvalue weighted by Crippen LogP contribution is 2.37. The van der Waals surface area contributed by atoms with Crippen LogP contribution in [0.15, 0.2) is 40.9 Å². The number of halogens is 3. The normalized spacial score (nSPS) is 12.3. The van der Waals surface area contributed by atoms with Crippen LogP contribution in [-0.4, -0.2) is 7.11 Å². The van der Waals surface area contributed by atoms with Crippen LogP contribution in [0, 0.1) is 12.7 Å². The summed E-state index contributed by atoms with van der Waals surface area (Å²) in [5.41, 5.74) is 2.98. The van der Waals surface area contributed by atoms with E-state index in [1.807, 2.05) is 19.1 Å². The van der Waals surface area contributed by atoms with Crippen molar-refractivity contribution in [2.24, 2.45) is 0 Å². The zero-order chi connectivity index (χ0) is 14.0. The number of hydrogen-bond acceptors (Lipinski definition) is 1. The summed E-state index contributed by atoms with van der Waals surface area (Å²) in [6.45, 7) is 2.02. The molecule has 100 valence electrons. The van der Waals surface area contributed by atoms with Gasteiger partial charge in [0.25, 0.3) is 0 Å². The number of benzene rings is 2. The van der Waals surface area contributed by atoms with Crippen LogP contribution in [0.25, 0.3) is 0 Å². The lowest BCUT2D eigenvalue weighted by Crippen LogP contribution is -1.98. The summed E-state index contributed by atoms with van der Waals surface area (Å²) in [4.78, 5) is -0.107. The van der Waals surface area contributed by atoms with Gasteiger partial charge in [-0.05, 0) is 42.3 Å². The quantitative estimate of drug-likeness (QED) is 0.641. The van der Waals surface area contributed by atoms with E-state index in [0.717, 1.165) is 21.2 Å². The largest absolute Gasteiger partial charge is 0.496 e. The van der Waals surface area contributed by atoms with Crippen LogP contribution in [0.5, 0.6) is 5.75 Å². The van der Waals surface area contributed by atoms with Crippen LogP contribution < -0.4 is 4.74 Å². The van der Waals surface area contributed by atoms with Crippen molar-refractivity contribution in [2.45, 2.75) is 11.8 Å². The van der Waals surface area contributed by atoms with Gasteiger partial charge < -0.3 is 4.74 Å². The zero-order valence-corrected chi connectivity index (χ0v) is 13.8. The van der Waals surface area contributed by atoms with E-state index in [4.69, 9.17) is 4.74 Å². The molecular weight excluding hydrogens is 375 g/mol. The Balaban J connectivity index is 2.45. The number of rotatable bonds is 3. The number of methoxy groups -OCH3 is 1. The third kappa shape index (κ3) is 3.18. The summed E-state index contributed by atoms with van der Waals surface area (Å²) >= 11 is 7.09. The Morgan fingerprint density at radius 3 is 2.53 bits per heavy atom. The fraction of sp³-hybridized carbons (Fsp3) is 0.200. The molecule has 0 saturated carbocycles. The smallest absolute Gasteiger partial charge is 0.123 e. The molecule has 0 radical (unpaired) electrons. The molecule has 0 heterocycles. The van der Waals surface area contributed by atoms with E-state index < -0.39 is 0 Å². The van der Waals surface area contributed by atoms with Crippen LogP contribution in [0.2, 0.25) is 0 Å². The van der Waals surface area contributed by atoms with Crippen molar-refractivity contribution in [3.8, 4) is 5.75 Å². The molecule has 0 aliphatic rings. The maximum absolute atomic E-state index is 13.4. The predicted octanol–water partition coefficient (Wildman–Crippen LogP) is 5.39. The molecule has 0 aliphatic carbocycles. The van der Waals surface area contributed by atoms with Crippen LogP contribution >= 0.6 is 31.9 Å². The van der Waals surface area contributed by atoms with Gasteiger partial charge in [-0.2, -0.15) is 0 Å². The van der Waals surface area contributed by atoms with Gasteiger partial charge in [0.05, 0.1) is 11.9 Å². The molecule has 0 spiro atoms. The van der Waals surface area contributed by atoms with E-state index in [1.165, 1.54) is 12.1 Å². The highest BCUT2D eigenvalue weighted by molar-refractivity contribution is 9.10. The summed E-state index contributed by atoms with van der Waals surface area (Å²) < 4.78 is 19.8. The van der Waals surface area contributed by atoms with E-state index in [9.17, 15) is 4.39 Å². The third-order valence-corrected chi connectivity index (χ3v) is 4.85. The van der Waals surface area contributed by atoms with Gasteiger partial charge in [0.1, 0.15) is 11.6 Å². The Hall–Kier alpha value is -0.870. The van der Waals surface area contributed by atoms with Crippen LogP contribution in [0.4, 0.5) is 4.39 Å². The molecule has 2 aromatic carbocycles. The standard InChI is InChI=1S/C15H13Br2FO/c1-9-7-10(3-5-13(9)16)15(17)12-8-11(18)4-6-14(12)19-2/h3-8,15H,1-2H3. The molecule has 0 saturated heterocycles. The third-order valence-electron chi connectivity index (χ3n) is 2.94. The van der Waals surface area contributed by atoms with Crippen LogP contribution in [0.1, 0.15) is 21.5 Å². The average molecular weight is 388 g/mol. The maximum atomic E-state index is 13.4. The molecule has 2 rings (SSSR count). The average Bonchev–Trinajstić information content (AvgIpc) is 2.41. The van der Waals surface area contributed by atoms with Gasteiger partial charge in [-0.3, -0.25) is 0 Å². The number of aryl methyl sites for hydroxylation is 1. The topological polar surface area (TPSA) is 9.23 Å². The second-order valence-electron chi connectivity index (χ2n) is 4.26. The Morgan fingerprint density at radius 2 is 1.89 bits per heavy atom. The second-order valence-corrected chi connectivity index (χ2v) is 6.03. The first-order chi connectivity index (χ1) is 9.02. The molecule has 4 heteroatoms. The van der Waals surface area contributed by atoms with Crippen molar-refractivity contribution >= 4 is 31.9 Å². The predicted molar refractivity (Wildman–Crippen MR) is 82.6 cm³/mol. The molecular formula is C15H13Br2FO. The highest BCUT2D eigenvalue weighted by atomic mass is 79.9. The molecule has 1 atom stereocenters. The fourth-order valence-electron chi connectivity index (χ4n) is 1.91. The molecule has 1 unspecified atom stereocenters. The summed E-state index contributed by atoms with van der Waals surface area (Å²) in [5.74, 6) is 0.401. The minimum Gasteiger partial charge on any atom is -0.496 e. The molecule has 1 nitrogen and oxygen atoms in total. The van der Waals surface area contributed by atoms with Crippen molar-refractivity contribution in [1.82, 2.24) is 0 Å². The van der Waals surface area contributed by atoms with E-state index in [0.29, 0.717) is 5.75 Å². The summed E-state index contributed by atoms with van der Waals surface area (Å²) in [5, 5.41) is 0. The molecule has 0 aromatic heterocycles. The minimum atomic E-state index is -0.269. The zero-order valence-electron chi connectivity index (χ0n) is 10.6. The summed E-state index contributed by atoms with van der Waals surface area (Å²) in [7, 11) is 1.59. The lowest BCUT2D eigenvalue weighted by atomic mass is 10.0. The number of hydrogen-bond donors (Lipinski definition) is 0. The molecule has 0 amide bonds. The highest BCUT2D eigenvalue weighted by Gasteiger charge is 2.16. The van der Waals surface area contributed by atoms with Gasteiger partial charge in [-0.15, -0.1) is 0 Å². The van der Waals surface area contributed by atoms with Gasteiger partial charge in [0.15, 0.2) is 0 Å². The van der Waals surface area contributed by atoms with Gasteiger partial charge in [-0.1, -0.05) is 44.0 Å². The van der Waals surface area contributed by atoms with Crippen LogP contribution in [0.3, 0.4) is 0 Å². The van der Waals surface area contributed by atoms with E-state index in [-0.39, 0.29) is 10.6 Å². The maximum Gasteiger partial charge on any atom is 0.123 e. The van der Waals surface area contributed by atoms with Crippen molar-refractivity contribution in [2.75, 3.05) is 7.11 Å². The van der Waals surface area contributed by atoms with Crippen molar-refractivity contribution < 1.29 is 9.13 Å². The molecule has 0 fully saturated rings. The van der Waals surface area contributed by atoms with E-state index in [1.54, 1.807) is 13.2 Å². The van der Waals surface area contributed by atoms with E-state index in [2.05, 4.69) is 37.9 Å².